The third-order valence-electron chi connectivity index (χ3n) is 4.48. The van der Waals surface area contributed by atoms with E-state index in [4.69, 9.17) is 11.6 Å². The van der Waals surface area contributed by atoms with Crippen LogP contribution in [0.1, 0.15) is 46.0 Å². The number of nitrogens with one attached hydrogen (secondary N) is 1. The van der Waals surface area contributed by atoms with Gasteiger partial charge in [-0.05, 0) is 37.2 Å². The molecule has 1 aromatic rings. The van der Waals surface area contributed by atoms with Crippen LogP contribution in [-0.2, 0) is 0 Å². The molecule has 2 rings (SSSR count). The van der Waals surface area contributed by atoms with Crippen molar-refractivity contribution in [3.8, 4) is 0 Å². The average molecular weight is 311 g/mol. The van der Waals surface area contributed by atoms with E-state index < -0.39 is 4.92 Å². The van der Waals surface area contributed by atoms with Gasteiger partial charge in [0.1, 0.15) is 0 Å². The molecule has 1 fully saturated rings. The summed E-state index contributed by atoms with van der Waals surface area (Å²) in [5, 5.41) is 14.6. The third kappa shape index (κ3) is 4.34. The van der Waals surface area contributed by atoms with Crippen molar-refractivity contribution in [2.75, 3.05) is 5.32 Å². The Labute approximate surface area is 131 Å². The van der Waals surface area contributed by atoms with Crippen molar-refractivity contribution in [2.24, 2.45) is 11.8 Å². The van der Waals surface area contributed by atoms with Crippen LogP contribution in [0.15, 0.2) is 18.2 Å². The SMILES string of the molecule is CC(C)C1CCCC(Nc2ccc([N+](=O)[O-])cc2Cl)CC1. The molecule has 2 atom stereocenters. The molecule has 2 unspecified atom stereocenters. The van der Waals surface area contributed by atoms with Gasteiger partial charge in [0, 0.05) is 18.2 Å². The fourth-order valence-electron chi connectivity index (χ4n) is 3.10. The van der Waals surface area contributed by atoms with Gasteiger partial charge >= 0.3 is 0 Å². The van der Waals surface area contributed by atoms with Crippen molar-refractivity contribution < 1.29 is 4.92 Å². The van der Waals surface area contributed by atoms with Gasteiger partial charge in [0.05, 0.1) is 15.6 Å². The Morgan fingerprint density at radius 1 is 1.29 bits per heavy atom. The first kappa shape index (κ1) is 16.1. The highest BCUT2D eigenvalue weighted by Gasteiger charge is 2.21. The summed E-state index contributed by atoms with van der Waals surface area (Å²) >= 11 is 6.15. The second-order valence-corrected chi connectivity index (χ2v) is 6.68. The van der Waals surface area contributed by atoms with Crippen molar-refractivity contribution >= 4 is 23.0 Å². The summed E-state index contributed by atoms with van der Waals surface area (Å²) in [5.74, 6) is 1.55. The van der Waals surface area contributed by atoms with Crippen LogP contribution in [0.5, 0.6) is 0 Å². The fourth-order valence-corrected chi connectivity index (χ4v) is 3.33. The lowest BCUT2D eigenvalue weighted by Crippen LogP contribution is -2.19. The van der Waals surface area contributed by atoms with E-state index in [0.29, 0.717) is 11.1 Å². The summed E-state index contributed by atoms with van der Waals surface area (Å²) in [6.45, 7) is 4.59. The lowest BCUT2D eigenvalue weighted by molar-refractivity contribution is -0.384. The standard InChI is InChI=1S/C16H23ClN2O2/c1-11(2)12-4-3-5-13(7-6-12)18-16-9-8-14(19(20)21)10-15(16)17/h8-13,18H,3-7H2,1-2H3. The molecule has 1 aliphatic carbocycles. The molecule has 0 spiro atoms. The van der Waals surface area contributed by atoms with Crippen LogP contribution in [0.2, 0.25) is 5.02 Å². The summed E-state index contributed by atoms with van der Waals surface area (Å²) in [4.78, 5) is 10.3. The Balaban J connectivity index is 2.00. The van der Waals surface area contributed by atoms with E-state index in [9.17, 15) is 10.1 Å². The predicted molar refractivity (Wildman–Crippen MR) is 86.9 cm³/mol. The Kier molecular flexibility index (Phi) is 5.45. The lowest BCUT2D eigenvalue weighted by Gasteiger charge is -2.20. The molecular formula is C16H23ClN2O2. The molecule has 0 bridgehead atoms. The van der Waals surface area contributed by atoms with Crippen LogP contribution in [0, 0.1) is 22.0 Å². The van der Waals surface area contributed by atoms with Gasteiger partial charge in [-0.15, -0.1) is 0 Å². The zero-order valence-corrected chi connectivity index (χ0v) is 13.4. The van der Waals surface area contributed by atoms with Crippen LogP contribution in [0.25, 0.3) is 0 Å². The summed E-state index contributed by atoms with van der Waals surface area (Å²) in [6, 6.07) is 5.04. The van der Waals surface area contributed by atoms with Gasteiger partial charge < -0.3 is 5.32 Å². The second-order valence-electron chi connectivity index (χ2n) is 6.27. The first-order valence-corrected chi connectivity index (χ1v) is 8.05. The predicted octanol–water partition coefficient (Wildman–Crippen LogP) is 5.27. The number of hydrogen-bond acceptors (Lipinski definition) is 3. The molecule has 0 heterocycles. The monoisotopic (exact) mass is 310 g/mol. The topological polar surface area (TPSA) is 55.2 Å². The first-order chi connectivity index (χ1) is 9.97. The average Bonchev–Trinajstić information content (AvgIpc) is 2.66. The second kappa shape index (κ2) is 7.12. The van der Waals surface area contributed by atoms with Crippen LogP contribution < -0.4 is 5.32 Å². The highest BCUT2D eigenvalue weighted by atomic mass is 35.5. The highest BCUT2D eigenvalue weighted by molar-refractivity contribution is 6.33. The van der Waals surface area contributed by atoms with Gasteiger partial charge in [0.25, 0.3) is 5.69 Å². The summed E-state index contributed by atoms with van der Waals surface area (Å²) in [7, 11) is 0. The number of nitrogens with zero attached hydrogens (tertiary/aromatic N) is 1. The number of rotatable bonds is 4. The number of halogens is 1. The van der Waals surface area contributed by atoms with Crippen LogP contribution in [-0.4, -0.2) is 11.0 Å². The third-order valence-corrected chi connectivity index (χ3v) is 4.79. The molecule has 1 N–H and O–H groups in total. The summed E-state index contributed by atoms with van der Waals surface area (Å²) in [5.41, 5.74) is 0.835. The maximum Gasteiger partial charge on any atom is 0.271 e. The smallest absolute Gasteiger partial charge is 0.271 e. The molecule has 0 amide bonds. The number of non-ortho nitro benzene ring substituents is 1. The van der Waals surface area contributed by atoms with Gasteiger partial charge in [-0.25, -0.2) is 0 Å². The number of nitro benzene ring substituents is 1. The number of nitro groups is 1. The van der Waals surface area contributed by atoms with Gasteiger partial charge in [-0.2, -0.15) is 0 Å². The molecule has 0 radical (unpaired) electrons. The quantitative estimate of drug-likeness (QED) is 0.468. The maximum atomic E-state index is 10.7. The van der Waals surface area contributed by atoms with Crippen LogP contribution in [0.4, 0.5) is 11.4 Å². The van der Waals surface area contributed by atoms with Crippen molar-refractivity contribution in [3.05, 3.63) is 33.3 Å². The van der Waals surface area contributed by atoms with E-state index in [1.807, 2.05) is 0 Å². The Hall–Kier alpha value is -1.29. The normalized spacial score (nSPS) is 22.9. The molecule has 0 aromatic heterocycles. The van der Waals surface area contributed by atoms with Crippen molar-refractivity contribution in [2.45, 2.75) is 52.0 Å². The molecule has 0 saturated heterocycles. The minimum atomic E-state index is -0.422. The van der Waals surface area contributed by atoms with Gasteiger partial charge in [0.15, 0.2) is 0 Å². The molecule has 1 aliphatic rings. The van der Waals surface area contributed by atoms with E-state index in [1.54, 1.807) is 6.07 Å². The summed E-state index contributed by atoms with van der Waals surface area (Å²) < 4.78 is 0. The van der Waals surface area contributed by atoms with Crippen LogP contribution >= 0.6 is 11.6 Å². The van der Waals surface area contributed by atoms with Crippen LogP contribution in [0.3, 0.4) is 0 Å². The molecule has 116 valence electrons. The molecular weight excluding hydrogens is 288 g/mol. The molecule has 5 heteroatoms. The van der Waals surface area contributed by atoms with E-state index in [2.05, 4.69) is 19.2 Å². The number of benzene rings is 1. The molecule has 1 aromatic carbocycles. The largest absolute Gasteiger partial charge is 0.381 e. The minimum absolute atomic E-state index is 0.0336. The molecule has 4 nitrogen and oxygen atoms in total. The van der Waals surface area contributed by atoms with Gasteiger partial charge in [0.2, 0.25) is 0 Å². The van der Waals surface area contributed by atoms with Crippen molar-refractivity contribution in [1.29, 1.82) is 0 Å². The van der Waals surface area contributed by atoms with E-state index in [1.165, 1.54) is 31.4 Å². The summed E-state index contributed by atoms with van der Waals surface area (Å²) in [6.07, 6.45) is 6.03. The van der Waals surface area contributed by atoms with Crippen molar-refractivity contribution in [3.63, 3.8) is 0 Å². The maximum absolute atomic E-state index is 10.7. The lowest BCUT2D eigenvalue weighted by atomic mass is 9.89. The fraction of sp³-hybridized carbons (Fsp3) is 0.625. The zero-order valence-electron chi connectivity index (χ0n) is 12.6. The first-order valence-electron chi connectivity index (χ1n) is 7.68. The number of hydrogen-bond donors (Lipinski definition) is 1. The van der Waals surface area contributed by atoms with Gasteiger partial charge in [-0.1, -0.05) is 38.3 Å². The van der Waals surface area contributed by atoms with Crippen molar-refractivity contribution in [1.82, 2.24) is 0 Å². The Morgan fingerprint density at radius 2 is 2.05 bits per heavy atom. The van der Waals surface area contributed by atoms with E-state index in [-0.39, 0.29) is 5.69 Å². The van der Waals surface area contributed by atoms with Gasteiger partial charge in [-0.3, -0.25) is 10.1 Å². The molecule has 1 saturated carbocycles. The van der Waals surface area contributed by atoms with E-state index in [0.717, 1.165) is 30.4 Å². The molecule has 0 aliphatic heterocycles. The highest BCUT2D eigenvalue weighted by Crippen LogP contribution is 2.32. The Bertz CT molecular complexity index is 505. The molecule has 21 heavy (non-hydrogen) atoms. The van der Waals surface area contributed by atoms with E-state index >= 15 is 0 Å². The minimum Gasteiger partial charge on any atom is -0.381 e. The Morgan fingerprint density at radius 3 is 2.67 bits per heavy atom. The number of anilines is 1. The zero-order chi connectivity index (χ0) is 15.4.